The molecule has 0 heterocycles. The van der Waals surface area contributed by atoms with Gasteiger partial charge in [-0.3, -0.25) is 10.1 Å². The Labute approximate surface area is 153 Å². The Hall–Kier alpha value is -2.90. The number of esters is 1. The maximum Gasteiger partial charge on any atom is 0.416 e. The average molecular weight is 367 g/mol. The minimum atomic E-state index is -0.682. The van der Waals surface area contributed by atoms with Gasteiger partial charge in [0.25, 0.3) is 0 Å². The Morgan fingerprint density at radius 2 is 1.85 bits per heavy atom. The van der Waals surface area contributed by atoms with Crippen LogP contribution in [-0.2, 0) is 14.3 Å². The van der Waals surface area contributed by atoms with Gasteiger partial charge in [-0.25, -0.2) is 4.79 Å². The summed E-state index contributed by atoms with van der Waals surface area (Å²) in [6.07, 6.45) is 0.0357. The Bertz CT molecular complexity index is 643. The molecule has 0 saturated heterocycles. The first-order chi connectivity index (χ1) is 12.4. The number of anilines is 1. The fraction of sp³-hybridized carbons (Fsp3) is 0.444. The maximum atomic E-state index is 11.7. The topological polar surface area (TPSA) is 92.3 Å². The molecule has 8 nitrogen and oxygen atoms in total. The highest BCUT2D eigenvalue weighted by molar-refractivity contribution is 5.86. The zero-order chi connectivity index (χ0) is 19.5. The third-order valence-electron chi connectivity index (χ3n) is 3.05. The summed E-state index contributed by atoms with van der Waals surface area (Å²) in [6.45, 7) is 7.42. The predicted molar refractivity (Wildman–Crippen MR) is 95.8 cm³/mol. The van der Waals surface area contributed by atoms with Gasteiger partial charge in [-0.15, -0.1) is 0 Å². The van der Waals surface area contributed by atoms with E-state index >= 15 is 0 Å². The molecule has 0 saturated carbocycles. The molecule has 0 fully saturated rings. The normalized spacial score (nSPS) is 9.85. The quantitative estimate of drug-likeness (QED) is 0.384. The second kappa shape index (κ2) is 10.9. The molecule has 1 aromatic rings. The lowest BCUT2D eigenvalue weighted by atomic mass is 10.2. The van der Waals surface area contributed by atoms with Crippen molar-refractivity contribution in [3.8, 4) is 17.2 Å². The molecule has 1 aromatic carbocycles. The van der Waals surface area contributed by atoms with E-state index in [0.29, 0.717) is 36.0 Å². The van der Waals surface area contributed by atoms with Crippen LogP contribution in [0.4, 0.5) is 10.5 Å². The lowest BCUT2D eigenvalue weighted by Crippen LogP contribution is -2.13. The van der Waals surface area contributed by atoms with Gasteiger partial charge in [0.2, 0.25) is 5.75 Å². The first-order valence-electron chi connectivity index (χ1n) is 8.10. The number of ether oxygens (including phenoxy) is 5. The van der Waals surface area contributed by atoms with E-state index in [2.05, 4.69) is 11.9 Å². The van der Waals surface area contributed by atoms with Gasteiger partial charge >= 0.3 is 12.1 Å². The smallest absolute Gasteiger partial charge is 0.416 e. The zero-order valence-corrected chi connectivity index (χ0v) is 15.5. The lowest BCUT2D eigenvalue weighted by Gasteiger charge is -2.16. The molecule has 1 N–H and O–H groups in total. The van der Waals surface area contributed by atoms with Crippen molar-refractivity contribution < 1.29 is 33.3 Å². The summed E-state index contributed by atoms with van der Waals surface area (Å²) in [5.74, 6) is 1.10. The van der Waals surface area contributed by atoms with Crippen LogP contribution in [0.2, 0.25) is 0 Å². The van der Waals surface area contributed by atoms with Gasteiger partial charge in [-0.1, -0.05) is 6.58 Å². The molecule has 26 heavy (non-hydrogen) atoms. The van der Waals surface area contributed by atoms with Crippen molar-refractivity contribution in [3.05, 3.63) is 24.5 Å². The van der Waals surface area contributed by atoms with E-state index < -0.39 is 6.09 Å². The molecule has 0 aromatic heterocycles. The van der Waals surface area contributed by atoms with Gasteiger partial charge in [-0.05, 0) is 20.3 Å². The number of amides is 1. The maximum absolute atomic E-state index is 11.7. The van der Waals surface area contributed by atoms with Crippen LogP contribution in [-0.4, -0.2) is 39.5 Å². The van der Waals surface area contributed by atoms with E-state index in [-0.39, 0.29) is 24.8 Å². The summed E-state index contributed by atoms with van der Waals surface area (Å²) in [5.41, 5.74) is 0.397. The summed E-state index contributed by atoms with van der Waals surface area (Å²) in [7, 11) is 2.95. The number of allylic oxidation sites excluding steroid dienone is 1. The summed E-state index contributed by atoms with van der Waals surface area (Å²) in [6, 6.07) is 3.15. The highest BCUT2D eigenvalue weighted by Gasteiger charge is 2.16. The van der Waals surface area contributed by atoms with Crippen LogP contribution in [0.5, 0.6) is 17.2 Å². The third kappa shape index (κ3) is 6.92. The Balaban J connectivity index is 2.83. The van der Waals surface area contributed by atoms with Gasteiger partial charge in [0.05, 0.1) is 38.9 Å². The summed E-state index contributed by atoms with van der Waals surface area (Å²) >= 11 is 0. The largest absolute Gasteiger partial charge is 0.493 e. The Morgan fingerprint density at radius 1 is 1.15 bits per heavy atom. The molecule has 1 amide bonds. The molecule has 0 bridgehead atoms. The molecule has 0 atom stereocenters. The summed E-state index contributed by atoms with van der Waals surface area (Å²) < 4.78 is 26.0. The SMILES string of the molecule is C=C(C)OC(=O)Nc1cc(OC)c(OC)c(OCCCC(=O)OCC)c1. The van der Waals surface area contributed by atoms with E-state index in [4.69, 9.17) is 23.7 Å². The molecule has 8 heteroatoms. The molecular formula is C18H25NO7. The zero-order valence-electron chi connectivity index (χ0n) is 15.5. The van der Waals surface area contributed by atoms with Crippen molar-refractivity contribution in [2.45, 2.75) is 26.7 Å². The van der Waals surface area contributed by atoms with Crippen LogP contribution in [0.15, 0.2) is 24.5 Å². The van der Waals surface area contributed by atoms with Gasteiger partial charge in [0.15, 0.2) is 11.5 Å². The minimum absolute atomic E-state index is 0.246. The van der Waals surface area contributed by atoms with Crippen LogP contribution >= 0.6 is 0 Å². The van der Waals surface area contributed by atoms with Crippen molar-refractivity contribution >= 4 is 17.7 Å². The number of nitrogens with one attached hydrogen (secondary N) is 1. The van der Waals surface area contributed by atoms with Crippen molar-refractivity contribution in [1.29, 1.82) is 0 Å². The number of carbonyl (C=O) groups excluding carboxylic acids is 2. The number of hydrogen-bond acceptors (Lipinski definition) is 7. The fourth-order valence-electron chi connectivity index (χ4n) is 2.04. The van der Waals surface area contributed by atoms with Crippen LogP contribution in [0, 0.1) is 0 Å². The number of benzene rings is 1. The van der Waals surface area contributed by atoms with Gasteiger partial charge in [-0.2, -0.15) is 0 Å². The number of hydrogen-bond donors (Lipinski definition) is 1. The van der Waals surface area contributed by atoms with Crippen LogP contribution in [0.1, 0.15) is 26.7 Å². The molecular weight excluding hydrogens is 342 g/mol. The summed E-state index contributed by atoms with van der Waals surface area (Å²) in [4.78, 5) is 23.1. The molecule has 0 aliphatic carbocycles. The van der Waals surface area contributed by atoms with E-state index in [9.17, 15) is 9.59 Å². The molecule has 0 aliphatic heterocycles. The Morgan fingerprint density at radius 3 is 2.42 bits per heavy atom. The van der Waals surface area contributed by atoms with Crippen LogP contribution in [0.25, 0.3) is 0 Å². The third-order valence-corrected chi connectivity index (χ3v) is 3.05. The first-order valence-corrected chi connectivity index (χ1v) is 8.10. The van der Waals surface area contributed by atoms with E-state index in [1.54, 1.807) is 26.0 Å². The van der Waals surface area contributed by atoms with E-state index in [0.717, 1.165) is 0 Å². The van der Waals surface area contributed by atoms with Gasteiger partial charge in [0.1, 0.15) is 0 Å². The summed E-state index contributed by atoms with van der Waals surface area (Å²) in [5, 5.41) is 2.55. The van der Waals surface area contributed by atoms with Crippen molar-refractivity contribution in [1.82, 2.24) is 0 Å². The first kappa shape index (κ1) is 21.1. The highest BCUT2D eigenvalue weighted by atomic mass is 16.6. The van der Waals surface area contributed by atoms with E-state index in [1.807, 2.05) is 0 Å². The predicted octanol–water partition coefficient (Wildman–Crippen LogP) is 3.51. The van der Waals surface area contributed by atoms with Crippen molar-refractivity contribution in [3.63, 3.8) is 0 Å². The number of methoxy groups -OCH3 is 2. The van der Waals surface area contributed by atoms with Gasteiger partial charge in [0, 0.05) is 18.6 Å². The van der Waals surface area contributed by atoms with Gasteiger partial charge < -0.3 is 23.7 Å². The number of carbonyl (C=O) groups is 2. The van der Waals surface area contributed by atoms with Crippen LogP contribution in [0.3, 0.4) is 0 Å². The second-order valence-corrected chi connectivity index (χ2v) is 5.18. The molecule has 0 aliphatic rings. The molecule has 0 spiro atoms. The standard InChI is InChI=1S/C18H25NO7/c1-6-24-16(20)8-7-9-25-15-11-13(19-18(21)26-12(2)3)10-14(22-4)17(15)23-5/h10-11H,2,6-9H2,1,3-5H3,(H,19,21). The van der Waals surface area contributed by atoms with Crippen molar-refractivity contribution in [2.75, 3.05) is 32.8 Å². The molecule has 0 radical (unpaired) electrons. The average Bonchev–Trinajstić information content (AvgIpc) is 2.57. The molecule has 1 rings (SSSR count). The second-order valence-electron chi connectivity index (χ2n) is 5.18. The fourth-order valence-corrected chi connectivity index (χ4v) is 2.04. The monoisotopic (exact) mass is 367 g/mol. The Kier molecular flexibility index (Phi) is 8.83. The lowest BCUT2D eigenvalue weighted by molar-refractivity contribution is -0.143. The van der Waals surface area contributed by atoms with Crippen LogP contribution < -0.4 is 19.5 Å². The highest BCUT2D eigenvalue weighted by Crippen LogP contribution is 2.40. The van der Waals surface area contributed by atoms with E-state index in [1.165, 1.54) is 14.2 Å². The van der Waals surface area contributed by atoms with Crippen molar-refractivity contribution in [2.24, 2.45) is 0 Å². The minimum Gasteiger partial charge on any atom is -0.493 e. The number of rotatable bonds is 10. The molecule has 144 valence electrons. The molecule has 0 unspecified atom stereocenters.